The van der Waals surface area contributed by atoms with E-state index in [1.54, 1.807) is 6.07 Å². The molecule has 2 aromatic carbocycles. The van der Waals surface area contributed by atoms with Gasteiger partial charge >= 0.3 is 0 Å². The van der Waals surface area contributed by atoms with Gasteiger partial charge in [-0.2, -0.15) is 0 Å². The zero-order valence-electron chi connectivity index (χ0n) is 9.09. The first-order valence-electron chi connectivity index (χ1n) is 5.19. The highest BCUT2D eigenvalue weighted by molar-refractivity contribution is 5.60. The van der Waals surface area contributed by atoms with Crippen LogP contribution in [0.25, 0.3) is 0 Å². The fourth-order valence-corrected chi connectivity index (χ4v) is 1.52. The van der Waals surface area contributed by atoms with Crippen LogP contribution in [-0.2, 0) is 6.54 Å². The molecule has 4 heteroatoms. The summed E-state index contributed by atoms with van der Waals surface area (Å²) in [6.07, 6.45) is 0. The summed E-state index contributed by atoms with van der Waals surface area (Å²) in [5, 5.41) is 13.8. The lowest BCUT2D eigenvalue weighted by molar-refractivity contribution is -0.384. The number of hydrogen-bond donors (Lipinski definition) is 1. The van der Waals surface area contributed by atoms with E-state index in [-0.39, 0.29) is 5.69 Å². The van der Waals surface area contributed by atoms with Gasteiger partial charge < -0.3 is 5.32 Å². The molecule has 2 rings (SSSR count). The smallest absolute Gasteiger partial charge is 0.292 e. The lowest BCUT2D eigenvalue weighted by Gasteiger charge is -2.06. The molecule has 1 radical (unpaired) electrons. The van der Waals surface area contributed by atoms with E-state index in [1.165, 1.54) is 12.1 Å². The quantitative estimate of drug-likeness (QED) is 0.645. The number of benzene rings is 2. The van der Waals surface area contributed by atoms with Crippen molar-refractivity contribution in [3.8, 4) is 0 Å². The van der Waals surface area contributed by atoms with Crippen LogP contribution in [0, 0.1) is 16.2 Å². The fourth-order valence-electron chi connectivity index (χ4n) is 1.52. The van der Waals surface area contributed by atoms with Crippen molar-refractivity contribution in [3.05, 3.63) is 70.3 Å². The second-order valence-corrected chi connectivity index (χ2v) is 3.54. The Balaban J connectivity index is 2.12. The molecular formula is C13H11N2O2. The van der Waals surface area contributed by atoms with Crippen LogP contribution in [0.3, 0.4) is 0 Å². The molecule has 0 atom stereocenters. The van der Waals surface area contributed by atoms with Crippen LogP contribution in [0.2, 0.25) is 0 Å². The van der Waals surface area contributed by atoms with Gasteiger partial charge in [-0.15, -0.1) is 0 Å². The molecule has 85 valence electrons. The van der Waals surface area contributed by atoms with Crippen LogP contribution in [0.4, 0.5) is 11.4 Å². The summed E-state index contributed by atoms with van der Waals surface area (Å²) in [4.78, 5) is 10.4. The summed E-state index contributed by atoms with van der Waals surface area (Å²) in [6, 6.07) is 17.1. The van der Waals surface area contributed by atoms with E-state index in [1.807, 2.05) is 30.3 Å². The van der Waals surface area contributed by atoms with E-state index in [2.05, 4.69) is 11.4 Å². The average molecular weight is 227 g/mol. The fraction of sp³-hybridized carbons (Fsp3) is 0.0769. The number of rotatable bonds is 4. The average Bonchev–Trinajstić information content (AvgIpc) is 2.38. The summed E-state index contributed by atoms with van der Waals surface area (Å²) < 4.78 is 0. The minimum absolute atomic E-state index is 0.0691. The molecule has 4 nitrogen and oxygen atoms in total. The van der Waals surface area contributed by atoms with E-state index in [0.29, 0.717) is 12.2 Å². The van der Waals surface area contributed by atoms with Gasteiger partial charge in [0.15, 0.2) is 0 Å². The van der Waals surface area contributed by atoms with Gasteiger partial charge in [-0.05, 0) is 23.8 Å². The highest BCUT2D eigenvalue weighted by Gasteiger charge is 2.11. The predicted octanol–water partition coefficient (Wildman–Crippen LogP) is 3.01. The maximum absolute atomic E-state index is 10.8. The molecule has 0 amide bonds. The summed E-state index contributed by atoms with van der Waals surface area (Å²) in [6.45, 7) is 0.555. The molecular weight excluding hydrogens is 216 g/mol. The van der Waals surface area contributed by atoms with Crippen LogP contribution in [0.15, 0.2) is 48.5 Å². The molecule has 1 N–H and O–H groups in total. The van der Waals surface area contributed by atoms with Crippen molar-refractivity contribution in [2.75, 3.05) is 5.32 Å². The monoisotopic (exact) mass is 227 g/mol. The number of nitrogens with one attached hydrogen (secondary N) is 1. The molecule has 0 saturated carbocycles. The Morgan fingerprint density at radius 1 is 1.24 bits per heavy atom. The normalized spacial score (nSPS) is 9.88. The van der Waals surface area contributed by atoms with Crippen molar-refractivity contribution in [3.63, 3.8) is 0 Å². The topological polar surface area (TPSA) is 55.2 Å². The Hall–Kier alpha value is -2.36. The lowest BCUT2D eigenvalue weighted by atomic mass is 10.2. The molecule has 0 saturated heterocycles. The molecule has 0 unspecified atom stereocenters. The van der Waals surface area contributed by atoms with E-state index in [0.717, 1.165) is 5.56 Å². The Morgan fingerprint density at radius 3 is 2.71 bits per heavy atom. The zero-order chi connectivity index (χ0) is 12.1. The highest BCUT2D eigenvalue weighted by Crippen LogP contribution is 2.23. The lowest BCUT2D eigenvalue weighted by Crippen LogP contribution is -2.02. The Kier molecular flexibility index (Phi) is 3.35. The molecule has 2 aromatic rings. The number of nitro groups is 1. The van der Waals surface area contributed by atoms with E-state index in [9.17, 15) is 10.1 Å². The first-order valence-corrected chi connectivity index (χ1v) is 5.19. The predicted molar refractivity (Wildman–Crippen MR) is 65.7 cm³/mol. The Bertz CT molecular complexity index is 512. The van der Waals surface area contributed by atoms with Gasteiger partial charge in [-0.1, -0.05) is 30.3 Å². The van der Waals surface area contributed by atoms with Gasteiger partial charge in [0.2, 0.25) is 0 Å². The first kappa shape index (κ1) is 11.1. The van der Waals surface area contributed by atoms with Crippen LogP contribution in [0.5, 0.6) is 0 Å². The van der Waals surface area contributed by atoms with Gasteiger partial charge in [0.05, 0.1) is 4.92 Å². The van der Waals surface area contributed by atoms with Crippen molar-refractivity contribution in [1.29, 1.82) is 0 Å². The molecule has 0 aliphatic heterocycles. The van der Waals surface area contributed by atoms with Crippen LogP contribution in [0.1, 0.15) is 5.56 Å². The third-order valence-corrected chi connectivity index (χ3v) is 2.36. The zero-order valence-corrected chi connectivity index (χ0v) is 9.09. The van der Waals surface area contributed by atoms with E-state index in [4.69, 9.17) is 0 Å². The van der Waals surface area contributed by atoms with Crippen molar-refractivity contribution in [2.24, 2.45) is 0 Å². The third kappa shape index (κ3) is 2.81. The minimum atomic E-state index is -0.402. The molecule has 0 aliphatic carbocycles. The minimum Gasteiger partial charge on any atom is -0.375 e. The number of nitro benzene ring substituents is 1. The van der Waals surface area contributed by atoms with Crippen LogP contribution in [-0.4, -0.2) is 4.92 Å². The SMILES string of the molecule is O=[N+]([O-])c1cc[c]cc1NCc1ccccc1. The standard InChI is InChI=1S/C13H11N2O2/c16-15(17)13-9-5-4-8-12(13)14-10-11-6-2-1-3-7-11/h1-3,5-9,14H,10H2. The Morgan fingerprint density at radius 2 is 2.00 bits per heavy atom. The molecule has 0 fully saturated rings. The Labute approximate surface area is 99.1 Å². The summed E-state index contributed by atoms with van der Waals surface area (Å²) in [5.41, 5.74) is 1.63. The molecule has 0 aliphatic rings. The molecule has 0 aromatic heterocycles. The van der Waals surface area contributed by atoms with Crippen molar-refractivity contribution in [2.45, 2.75) is 6.54 Å². The van der Waals surface area contributed by atoms with E-state index >= 15 is 0 Å². The van der Waals surface area contributed by atoms with Gasteiger partial charge in [-0.25, -0.2) is 0 Å². The first-order chi connectivity index (χ1) is 8.27. The molecule has 0 heterocycles. The van der Waals surface area contributed by atoms with Crippen LogP contribution >= 0.6 is 0 Å². The van der Waals surface area contributed by atoms with E-state index < -0.39 is 4.92 Å². The van der Waals surface area contributed by atoms with Crippen molar-refractivity contribution < 1.29 is 4.92 Å². The largest absolute Gasteiger partial charge is 0.375 e. The number of nitrogens with zero attached hydrogens (tertiary/aromatic N) is 1. The number of hydrogen-bond acceptors (Lipinski definition) is 3. The highest BCUT2D eigenvalue weighted by atomic mass is 16.6. The summed E-state index contributed by atoms with van der Waals surface area (Å²) in [7, 11) is 0. The second kappa shape index (κ2) is 5.12. The number of anilines is 1. The van der Waals surface area contributed by atoms with Crippen molar-refractivity contribution >= 4 is 11.4 Å². The van der Waals surface area contributed by atoms with Gasteiger partial charge in [0.25, 0.3) is 5.69 Å². The van der Waals surface area contributed by atoms with Crippen molar-refractivity contribution in [1.82, 2.24) is 0 Å². The molecule has 0 spiro atoms. The summed E-state index contributed by atoms with van der Waals surface area (Å²) >= 11 is 0. The van der Waals surface area contributed by atoms with Gasteiger partial charge in [0, 0.05) is 12.6 Å². The van der Waals surface area contributed by atoms with Crippen LogP contribution < -0.4 is 5.32 Å². The van der Waals surface area contributed by atoms with Gasteiger partial charge in [0.1, 0.15) is 5.69 Å². The van der Waals surface area contributed by atoms with Gasteiger partial charge in [-0.3, -0.25) is 10.1 Å². The maximum atomic E-state index is 10.8. The molecule has 0 bridgehead atoms. The summed E-state index contributed by atoms with van der Waals surface area (Å²) in [5.74, 6) is 0. The maximum Gasteiger partial charge on any atom is 0.292 e. The third-order valence-electron chi connectivity index (χ3n) is 2.36. The second-order valence-electron chi connectivity index (χ2n) is 3.54. The molecule has 17 heavy (non-hydrogen) atoms.